The van der Waals surface area contributed by atoms with Gasteiger partial charge in [0, 0.05) is 10.6 Å². The van der Waals surface area contributed by atoms with Crippen LogP contribution in [0.2, 0.25) is 5.02 Å². The van der Waals surface area contributed by atoms with Crippen LogP contribution in [0.15, 0.2) is 24.3 Å². The van der Waals surface area contributed by atoms with E-state index in [4.69, 9.17) is 11.6 Å². The maximum absolute atomic E-state index is 13.9. The number of aryl methyl sites for hydroxylation is 1. The number of nitrogens with zero attached hydrogens (tertiary/aromatic N) is 2. The average Bonchev–Trinajstić information content (AvgIpc) is 2.96. The molecule has 10 heteroatoms. The van der Waals surface area contributed by atoms with Gasteiger partial charge >= 0.3 is 0 Å². The summed E-state index contributed by atoms with van der Waals surface area (Å²) in [6.45, 7) is 2.30. The molecule has 0 saturated heterocycles. The molecule has 29 heavy (non-hydrogen) atoms. The predicted molar refractivity (Wildman–Crippen MR) is 96.4 cm³/mol. The third kappa shape index (κ3) is 3.82. The molecule has 0 aliphatic carbocycles. The van der Waals surface area contributed by atoms with Gasteiger partial charge in [-0.1, -0.05) is 11.6 Å². The van der Waals surface area contributed by atoms with Crippen LogP contribution >= 0.6 is 11.6 Å². The number of aromatic nitrogens is 2. The van der Waals surface area contributed by atoms with E-state index in [-0.39, 0.29) is 11.4 Å². The number of nitrogens with one attached hydrogen (secondary N) is 1. The van der Waals surface area contributed by atoms with Gasteiger partial charge < -0.3 is 5.32 Å². The fourth-order valence-electron chi connectivity index (χ4n) is 2.76. The number of hydrogen-bond donors (Lipinski definition) is 1. The molecule has 0 spiro atoms. The second-order valence-electron chi connectivity index (χ2n) is 6.21. The third-order valence-corrected chi connectivity index (χ3v) is 4.59. The van der Waals surface area contributed by atoms with Gasteiger partial charge in [0.1, 0.15) is 0 Å². The van der Waals surface area contributed by atoms with Gasteiger partial charge in [0.25, 0.3) is 5.91 Å². The molecule has 1 N–H and O–H groups in total. The van der Waals surface area contributed by atoms with Crippen LogP contribution in [-0.2, 0) is 6.54 Å². The van der Waals surface area contributed by atoms with E-state index in [1.807, 2.05) is 0 Å². The van der Waals surface area contributed by atoms with E-state index in [1.54, 1.807) is 0 Å². The van der Waals surface area contributed by atoms with E-state index >= 15 is 0 Å². The second-order valence-corrected chi connectivity index (χ2v) is 6.65. The van der Waals surface area contributed by atoms with Crippen LogP contribution in [0.5, 0.6) is 0 Å². The molecular weight excluding hydrogens is 417 g/mol. The Labute approximate surface area is 166 Å². The lowest BCUT2D eigenvalue weighted by atomic mass is 10.1. The minimum Gasteiger partial charge on any atom is -0.319 e. The lowest BCUT2D eigenvalue weighted by Gasteiger charge is -2.10. The number of halogens is 6. The van der Waals surface area contributed by atoms with Crippen LogP contribution in [0.4, 0.5) is 27.6 Å². The Hall–Kier alpha value is -2.94. The second kappa shape index (κ2) is 7.82. The minimum atomic E-state index is -2.23. The Kier molecular flexibility index (Phi) is 5.61. The monoisotopic (exact) mass is 429 g/mol. The average molecular weight is 430 g/mol. The smallest absolute Gasteiger partial charge is 0.255 e. The lowest BCUT2D eigenvalue weighted by Crippen LogP contribution is -2.14. The number of rotatable bonds is 4. The highest BCUT2D eigenvalue weighted by Gasteiger charge is 2.27. The van der Waals surface area contributed by atoms with Crippen molar-refractivity contribution in [1.29, 1.82) is 0 Å². The highest BCUT2D eigenvalue weighted by Crippen LogP contribution is 2.26. The first-order valence-electron chi connectivity index (χ1n) is 8.23. The Morgan fingerprint density at radius 1 is 0.966 bits per heavy atom. The summed E-state index contributed by atoms with van der Waals surface area (Å²) in [6, 6.07) is 6.06. The van der Waals surface area contributed by atoms with E-state index in [1.165, 1.54) is 38.1 Å². The van der Waals surface area contributed by atoms with Gasteiger partial charge in [-0.2, -0.15) is 5.10 Å². The first-order valence-corrected chi connectivity index (χ1v) is 8.60. The zero-order chi connectivity index (χ0) is 21.5. The number of benzene rings is 2. The van der Waals surface area contributed by atoms with Crippen molar-refractivity contribution >= 4 is 23.2 Å². The highest BCUT2D eigenvalue weighted by atomic mass is 35.5. The van der Waals surface area contributed by atoms with Crippen LogP contribution in [0.1, 0.15) is 27.3 Å². The number of hydrogen-bond acceptors (Lipinski definition) is 2. The molecule has 0 aliphatic rings. The normalized spacial score (nSPS) is 11.0. The number of amides is 1. The first kappa shape index (κ1) is 20.8. The van der Waals surface area contributed by atoms with Crippen molar-refractivity contribution in [3.63, 3.8) is 0 Å². The van der Waals surface area contributed by atoms with Gasteiger partial charge in [-0.3, -0.25) is 9.48 Å². The molecular formula is C19H13ClF5N3O. The van der Waals surface area contributed by atoms with Crippen molar-refractivity contribution in [1.82, 2.24) is 9.78 Å². The Morgan fingerprint density at radius 3 is 2.03 bits per heavy atom. The molecule has 0 unspecified atom stereocenters. The van der Waals surface area contributed by atoms with Crippen molar-refractivity contribution in [3.8, 4) is 0 Å². The van der Waals surface area contributed by atoms with E-state index in [0.29, 0.717) is 16.3 Å². The number of carbonyl (C=O) groups excluding carboxylic acids is 1. The van der Waals surface area contributed by atoms with Gasteiger partial charge in [-0.15, -0.1) is 0 Å². The van der Waals surface area contributed by atoms with E-state index in [0.717, 1.165) is 4.68 Å². The molecule has 1 heterocycles. The van der Waals surface area contributed by atoms with E-state index < -0.39 is 47.1 Å². The molecule has 3 aromatic rings. The number of carbonyl (C=O) groups is 1. The van der Waals surface area contributed by atoms with Crippen LogP contribution in [0.3, 0.4) is 0 Å². The lowest BCUT2D eigenvalue weighted by molar-refractivity contribution is 0.102. The summed E-state index contributed by atoms with van der Waals surface area (Å²) in [5.41, 5.74) is 0.111. The topological polar surface area (TPSA) is 46.9 Å². The zero-order valence-corrected chi connectivity index (χ0v) is 15.8. The summed E-state index contributed by atoms with van der Waals surface area (Å²) in [7, 11) is 0. The zero-order valence-electron chi connectivity index (χ0n) is 15.1. The molecule has 2 aromatic carbocycles. The van der Waals surface area contributed by atoms with Crippen LogP contribution in [-0.4, -0.2) is 15.7 Å². The fraction of sp³-hybridized carbons (Fsp3) is 0.158. The first-order chi connectivity index (χ1) is 13.6. The minimum absolute atomic E-state index is 0.258. The van der Waals surface area contributed by atoms with Crippen LogP contribution in [0.25, 0.3) is 0 Å². The molecule has 0 aliphatic heterocycles. The van der Waals surface area contributed by atoms with Gasteiger partial charge in [-0.05, 0) is 38.1 Å². The van der Waals surface area contributed by atoms with Crippen molar-refractivity contribution in [2.45, 2.75) is 20.4 Å². The molecule has 0 bridgehead atoms. The summed E-state index contributed by atoms with van der Waals surface area (Å²) >= 11 is 5.78. The molecule has 0 saturated carbocycles. The Bertz CT molecular complexity index is 1080. The van der Waals surface area contributed by atoms with Crippen molar-refractivity contribution < 1.29 is 26.7 Å². The van der Waals surface area contributed by atoms with Gasteiger partial charge in [-0.25, -0.2) is 22.0 Å². The van der Waals surface area contributed by atoms with Gasteiger partial charge in [0.15, 0.2) is 23.3 Å². The van der Waals surface area contributed by atoms with Crippen LogP contribution in [0, 0.1) is 42.9 Å². The molecule has 0 atom stereocenters. The van der Waals surface area contributed by atoms with E-state index in [9.17, 15) is 26.7 Å². The Balaban J connectivity index is 1.93. The predicted octanol–water partition coefficient (Wildman–Crippen LogP) is 5.15. The SMILES string of the molecule is Cc1nn(Cc2c(F)c(F)c(F)c(F)c2F)c(C)c1NC(=O)c1ccc(Cl)cc1. The molecule has 1 amide bonds. The summed E-state index contributed by atoms with van der Waals surface area (Å²) < 4.78 is 69.0. The molecule has 152 valence electrons. The fourth-order valence-corrected chi connectivity index (χ4v) is 2.88. The van der Waals surface area contributed by atoms with Gasteiger partial charge in [0.2, 0.25) is 5.82 Å². The van der Waals surface area contributed by atoms with Crippen molar-refractivity contribution in [2.24, 2.45) is 0 Å². The molecule has 4 nitrogen and oxygen atoms in total. The highest BCUT2D eigenvalue weighted by molar-refractivity contribution is 6.30. The molecule has 3 rings (SSSR count). The number of anilines is 1. The standard InChI is InChI=1S/C19H13ClF5N3O/c1-8-18(26-19(29)10-3-5-11(20)6-4-10)9(2)28(27-8)7-12-13(21)15(23)17(25)16(24)14(12)22/h3-6H,7H2,1-2H3,(H,26,29). The summed E-state index contributed by atoms with van der Waals surface area (Å²) in [6.07, 6.45) is 0. The molecule has 0 fully saturated rings. The molecule has 0 radical (unpaired) electrons. The largest absolute Gasteiger partial charge is 0.319 e. The summed E-state index contributed by atoms with van der Waals surface area (Å²) in [5.74, 6) is -10.6. The summed E-state index contributed by atoms with van der Waals surface area (Å²) in [4.78, 5) is 12.4. The van der Waals surface area contributed by atoms with Gasteiger partial charge in [0.05, 0.1) is 29.2 Å². The Morgan fingerprint density at radius 2 is 1.48 bits per heavy atom. The van der Waals surface area contributed by atoms with Crippen LogP contribution < -0.4 is 5.32 Å². The summed E-state index contributed by atoms with van der Waals surface area (Å²) in [5, 5.41) is 7.11. The van der Waals surface area contributed by atoms with E-state index in [2.05, 4.69) is 10.4 Å². The molecule has 1 aromatic heterocycles. The van der Waals surface area contributed by atoms with Crippen molar-refractivity contribution in [2.75, 3.05) is 5.32 Å². The third-order valence-electron chi connectivity index (χ3n) is 4.34. The van der Waals surface area contributed by atoms with Crippen molar-refractivity contribution in [3.05, 3.63) is 80.9 Å². The maximum atomic E-state index is 13.9. The quantitative estimate of drug-likeness (QED) is 0.354. The maximum Gasteiger partial charge on any atom is 0.255 e.